The highest BCUT2D eigenvalue weighted by Crippen LogP contribution is 2.23. The maximum Gasteiger partial charge on any atom is 0.319 e. The third-order valence-corrected chi connectivity index (χ3v) is 3.74. The molecule has 0 unspecified atom stereocenters. The summed E-state index contributed by atoms with van der Waals surface area (Å²) >= 11 is 0. The summed E-state index contributed by atoms with van der Waals surface area (Å²) in [6, 6.07) is 7.86. The molecule has 0 spiro atoms. The molecule has 0 radical (unpaired) electrons. The van der Waals surface area contributed by atoms with E-state index in [2.05, 4.69) is 35.4 Å². The second kappa shape index (κ2) is 7.29. The first-order chi connectivity index (χ1) is 9.66. The second-order valence-corrected chi connectivity index (χ2v) is 5.67. The van der Waals surface area contributed by atoms with Crippen molar-refractivity contribution >= 4 is 11.7 Å². The quantitative estimate of drug-likeness (QED) is 0.867. The van der Waals surface area contributed by atoms with Crippen molar-refractivity contribution in [2.45, 2.75) is 32.6 Å². The fraction of sp³-hybridized carbons (Fsp3) is 0.562. The van der Waals surface area contributed by atoms with Crippen molar-refractivity contribution < 1.29 is 4.79 Å². The topological polar surface area (TPSA) is 44.4 Å². The molecule has 2 amide bonds. The lowest BCUT2D eigenvalue weighted by atomic mass is 10.0. The fourth-order valence-electron chi connectivity index (χ4n) is 2.61. The zero-order valence-electron chi connectivity index (χ0n) is 12.5. The van der Waals surface area contributed by atoms with Crippen LogP contribution in [0.15, 0.2) is 24.3 Å². The molecule has 1 aromatic rings. The first-order valence-electron chi connectivity index (χ1n) is 7.53. The number of rotatable bonds is 5. The normalized spacial score (nSPS) is 15.6. The van der Waals surface area contributed by atoms with Gasteiger partial charge in [0.2, 0.25) is 0 Å². The van der Waals surface area contributed by atoms with Gasteiger partial charge in [-0.05, 0) is 43.5 Å². The Morgan fingerprint density at radius 3 is 2.65 bits per heavy atom. The van der Waals surface area contributed by atoms with E-state index in [4.69, 9.17) is 0 Å². The number of urea groups is 1. The molecule has 0 aliphatic carbocycles. The molecular formula is C16H25N3O. The SMILES string of the molecule is CC(C)c1ccccc1NC(=O)NCCN1CCCC1. The lowest BCUT2D eigenvalue weighted by Gasteiger charge is -2.16. The monoisotopic (exact) mass is 275 g/mol. The van der Waals surface area contributed by atoms with Gasteiger partial charge in [0.25, 0.3) is 0 Å². The molecule has 1 heterocycles. The van der Waals surface area contributed by atoms with E-state index in [9.17, 15) is 4.79 Å². The predicted molar refractivity (Wildman–Crippen MR) is 83.2 cm³/mol. The number of hydrogen-bond acceptors (Lipinski definition) is 2. The highest BCUT2D eigenvalue weighted by molar-refractivity contribution is 5.90. The first-order valence-corrected chi connectivity index (χ1v) is 7.53. The molecular weight excluding hydrogens is 250 g/mol. The van der Waals surface area contributed by atoms with E-state index >= 15 is 0 Å². The van der Waals surface area contributed by atoms with Crippen LogP contribution in [0.1, 0.15) is 38.2 Å². The molecule has 1 aromatic carbocycles. The molecule has 1 saturated heterocycles. The Morgan fingerprint density at radius 1 is 1.25 bits per heavy atom. The molecule has 1 fully saturated rings. The highest BCUT2D eigenvalue weighted by atomic mass is 16.2. The summed E-state index contributed by atoms with van der Waals surface area (Å²) < 4.78 is 0. The molecule has 20 heavy (non-hydrogen) atoms. The van der Waals surface area contributed by atoms with Gasteiger partial charge in [-0.1, -0.05) is 32.0 Å². The third kappa shape index (κ3) is 4.23. The van der Waals surface area contributed by atoms with Crippen molar-refractivity contribution in [1.82, 2.24) is 10.2 Å². The summed E-state index contributed by atoms with van der Waals surface area (Å²) in [5, 5.41) is 5.88. The van der Waals surface area contributed by atoms with Crippen molar-refractivity contribution in [2.75, 3.05) is 31.5 Å². The van der Waals surface area contributed by atoms with Crippen LogP contribution in [0.2, 0.25) is 0 Å². The van der Waals surface area contributed by atoms with E-state index in [1.165, 1.54) is 31.5 Å². The zero-order chi connectivity index (χ0) is 14.4. The third-order valence-electron chi connectivity index (χ3n) is 3.74. The molecule has 0 bridgehead atoms. The molecule has 0 saturated carbocycles. The molecule has 0 atom stereocenters. The first kappa shape index (κ1) is 14.9. The summed E-state index contributed by atoms with van der Waals surface area (Å²) in [5.41, 5.74) is 2.07. The molecule has 0 aromatic heterocycles. The van der Waals surface area contributed by atoms with Crippen molar-refractivity contribution in [1.29, 1.82) is 0 Å². The van der Waals surface area contributed by atoms with Gasteiger partial charge in [0.1, 0.15) is 0 Å². The van der Waals surface area contributed by atoms with E-state index in [1.807, 2.05) is 18.2 Å². The Kier molecular flexibility index (Phi) is 5.41. The van der Waals surface area contributed by atoms with Gasteiger partial charge in [0.15, 0.2) is 0 Å². The molecule has 2 N–H and O–H groups in total. The molecule has 1 aliphatic rings. The number of amides is 2. The van der Waals surface area contributed by atoms with Crippen LogP contribution >= 0.6 is 0 Å². The number of nitrogens with zero attached hydrogens (tertiary/aromatic N) is 1. The molecule has 110 valence electrons. The largest absolute Gasteiger partial charge is 0.337 e. The van der Waals surface area contributed by atoms with Crippen LogP contribution < -0.4 is 10.6 Å². The van der Waals surface area contributed by atoms with Crippen molar-refractivity contribution in [2.24, 2.45) is 0 Å². The minimum absolute atomic E-state index is 0.114. The molecule has 2 rings (SSSR count). The Balaban J connectivity index is 1.79. The Morgan fingerprint density at radius 2 is 1.95 bits per heavy atom. The summed E-state index contributed by atoms with van der Waals surface area (Å²) in [6.45, 7) is 8.24. The number of likely N-dealkylation sites (tertiary alicyclic amines) is 1. The van der Waals surface area contributed by atoms with Gasteiger partial charge in [-0.15, -0.1) is 0 Å². The van der Waals surface area contributed by atoms with Gasteiger partial charge in [-0.2, -0.15) is 0 Å². The van der Waals surface area contributed by atoms with Crippen molar-refractivity contribution in [3.05, 3.63) is 29.8 Å². The van der Waals surface area contributed by atoms with Crippen molar-refractivity contribution in [3.8, 4) is 0 Å². The smallest absolute Gasteiger partial charge is 0.319 e. The van der Waals surface area contributed by atoms with Crippen LogP contribution in [0.4, 0.5) is 10.5 Å². The van der Waals surface area contributed by atoms with E-state index in [0.29, 0.717) is 12.5 Å². The maximum atomic E-state index is 11.9. The van der Waals surface area contributed by atoms with Gasteiger partial charge in [0, 0.05) is 18.8 Å². The molecule has 4 nitrogen and oxygen atoms in total. The van der Waals surface area contributed by atoms with Crippen LogP contribution in [0.25, 0.3) is 0 Å². The highest BCUT2D eigenvalue weighted by Gasteiger charge is 2.12. The number of para-hydroxylation sites is 1. The van der Waals surface area contributed by atoms with Crippen LogP contribution in [0, 0.1) is 0 Å². The summed E-state index contributed by atoms with van der Waals surface area (Å²) in [5.74, 6) is 0.399. The van der Waals surface area contributed by atoms with Crippen LogP contribution in [0.3, 0.4) is 0 Å². The summed E-state index contributed by atoms with van der Waals surface area (Å²) in [6.07, 6.45) is 2.57. The fourth-order valence-corrected chi connectivity index (χ4v) is 2.61. The Bertz CT molecular complexity index is 439. The van der Waals surface area contributed by atoms with Gasteiger partial charge in [0.05, 0.1) is 0 Å². The Hall–Kier alpha value is -1.55. The minimum atomic E-state index is -0.114. The molecule has 1 aliphatic heterocycles. The summed E-state index contributed by atoms with van der Waals surface area (Å²) in [7, 11) is 0. The van der Waals surface area contributed by atoms with E-state index < -0.39 is 0 Å². The lowest BCUT2D eigenvalue weighted by molar-refractivity contribution is 0.249. The number of benzene rings is 1. The second-order valence-electron chi connectivity index (χ2n) is 5.67. The zero-order valence-corrected chi connectivity index (χ0v) is 12.5. The van der Waals surface area contributed by atoms with E-state index in [0.717, 1.165) is 12.2 Å². The van der Waals surface area contributed by atoms with Gasteiger partial charge in [-0.25, -0.2) is 4.79 Å². The summed E-state index contributed by atoms with van der Waals surface area (Å²) in [4.78, 5) is 14.3. The number of carbonyl (C=O) groups excluding carboxylic acids is 1. The van der Waals surface area contributed by atoms with Crippen molar-refractivity contribution in [3.63, 3.8) is 0 Å². The number of carbonyl (C=O) groups is 1. The Labute approximate surface area is 121 Å². The van der Waals surface area contributed by atoms with Crippen LogP contribution in [-0.4, -0.2) is 37.1 Å². The predicted octanol–water partition coefficient (Wildman–Crippen LogP) is 3.03. The van der Waals surface area contributed by atoms with E-state index in [1.54, 1.807) is 0 Å². The maximum absolute atomic E-state index is 11.9. The number of anilines is 1. The van der Waals surface area contributed by atoms with Gasteiger partial charge >= 0.3 is 6.03 Å². The average molecular weight is 275 g/mol. The van der Waals surface area contributed by atoms with Crippen LogP contribution in [0.5, 0.6) is 0 Å². The molecule has 4 heteroatoms. The van der Waals surface area contributed by atoms with Crippen LogP contribution in [-0.2, 0) is 0 Å². The van der Waals surface area contributed by atoms with Gasteiger partial charge < -0.3 is 15.5 Å². The standard InChI is InChI=1S/C16H25N3O/c1-13(2)14-7-3-4-8-15(14)18-16(20)17-9-12-19-10-5-6-11-19/h3-4,7-8,13H,5-6,9-12H2,1-2H3,(H2,17,18,20). The minimum Gasteiger partial charge on any atom is -0.337 e. The van der Waals surface area contributed by atoms with E-state index in [-0.39, 0.29) is 6.03 Å². The average Bonchev–Trinajstić information content (AvgIpc) is 2.92. The van der Waals surface area contributed by atoms with Gasteiger partial charge in [-0.3, -0.25) is 0 Å². The number of hydrogen-bond donors (Lipinski definition) is 2. The number of nitrogens with one attached hydrogen (secondary N) is 2. The lowest BCUT2D eigenvalue weighted by Crippen LogP contribution is -2.36.